The molecule has 0 aromatic heterocycles. The molecule has 94 valence electrons. The predicted octanol–water partition coefficient (Wildman–Crippen LogP) is 3.58. The molecular weight excluding hydrogens is 226 g/mol. The van der Waals surface area contributed by atoms with E-state index < -0.39 is 0 Å². The largest absolute Gasteiger partial charge is 0.327 e. The van der Waals surface area contributed by atoms with Crippen molar-refractivity contribution in [3.63, 3.8) is 0 Å². The Morgan fingerprint density at radius 2 is 2.06 bits per heavy atom. The third kappa shape index (κ3) is 3.49. The van der Waals surface area contributed by atoms with E-state index in [1.54, 1.807) is 0 Å². The van der Waals surface area contributed by atoms with Crippen LogP contribution in [0.15, 0.2) is 24.3 Å². The van der Waals surface area contributed by atoms with Gasteiger partial charge in [0.05, 0.1) is 0 Å². The molecule has 0 saturated heterocycles. The van der Waals surface area contributed by atoms with E-state index >= 15 is 0 Å². The highest BCUT2D eigenvalue weighted by Gasteiger charge is 2.27. The number of fused-ring (bicyclic) bond motifs is 1. The van der Waals surface area contributed by atoms with Crippen LogP contribution >= 0.6 is 11.8 Å². The van der Waals surface area contributed by atoms with Gasteiger partial charge in [-0.1, -0.05) is 45.0 Å². The maximum atomic E-state index is 6.23. The fourth-order valence-corrected chi connectivity index (χ4v) is 3.21. The minimum Gasteiger partial charge on any atom is -0.327 e. The first kappa shape index (κ1) is 13.0. The maximum Gasteiger partial charge on any atom is 0.0136 e. The van der Waals surface area contributed by atoms with Gasteiger partial charge in [-0.25, -0.2) is 0 Å². The summed E-state index contributed by atoms with van der Waals surface area (Å²) in [7, 11) is 0. The zero-order chi connectivity index (χ0) is 12.5. The number of hydrogen-bond donors (Lipinski definition) is 1. The Bertz CT molecular complexity index is 381. The van der Waals surface area contributed by atoms with Crippen LogP contribution in [-0.4, -0.2) is 16.5 Å². The van der Waals surface area contributed by atoms with Crippen LogP contribution in [0, 0.1) is 0 Å². The Morgan fingerprint density at radius 3 is 2.71 bits per heavy atom. The van der Waals surface area contributed by atoms with E-state index in [-0.39, 0.29) is 0 Å². The molecule has 0 radical (unpaired) electrons. The molecule has 1 aliphatic rings. The number of hydrogen-bond acceptors (Lipinski definition) is 2. The summed E-state index contributed by atoms with van der Waals surface area (Å²) in [5.41, 5.74) is 9.28. The normalized spacial score (nSPS) is 20.6. The van der Waals surface area contributed by atoms with Gasteiger partial charge in [0.2, 0.25) is 0 Å². The maximum absolute atomic E-state index is 6.23. The second-order valence-corrected chi connectivity index (χ2v) is 7.87. The number of thioether (sulfide) groups is 1. The van der Waals surface area contributed by atoms with E-state index in [9.17, 15) is 0 Å². The summed E-state index contributed by atoms with van der Waals surface area (Å²) < 4.78 is 0.329. The van der Waals surface area contributed by atoms with Gasteiger partial charge in [0.1, 0.15) is 0 Å². The Labute approximate surface area is 109 Å². The topological polar surface area (TPSA) is 26.0 Å². The van der Waals surface area contributed by atoms with Gasteiger partial charge in [-0.05, 0) is 29.9 Å². The summed E-state index contributed by atoms with van der Waals surface area (Å²) >= 11 is 1.97. The third-order valence-corrected chi connectivity index (χ3v) is 4.74. The van der Waals surface area contributed by atoms with Gasteiger partial charge in [0, 0.05) is 16.5 Å². The Morgan fingerprint density at radius 1 is 1.35 bits per heavy atom. The van der Waals surface area contributed by atoms with Crippen molar-refractivity contribution < 1.29 is 0 Å². The van der Waals surface area contributed by atoms with E-state index in [4.69, 9.17) is 5.73 Å². The van der Waals surface area contributed by atoms with Crippen LogP contribution in [0.1, 0.15) is 44.2 Å². The molecule has 2 unspecified atom stereocenters. The van der Waals surface area contributed by atoms with Crippen molar-refractivity contribution in [3.8, 4) is 0 Å². The van der Waals surface area contributed by atoms with Gasteiger partial charge in [0.15, 0.2) is 0 Å². The van der Waals surface area contributed by atoms with Crippen LogP contribution in [0.3, 0.4) is 0 Å². The van der Waals surface area contributed by atoms with Crippen LogP contribution in [-0.2, 0) is 6.42 Å². The van der Waals surface area contributed by atoms with Crippen LogP contribution < -0.4 is 5.73 Å². The molecule has 17 heavy (non-hydrogen) atoms. The van der Waals surface area contributed by atoms with Crippen molar-refractivity contribution in [3.05, 3.63) is 35.4 Å². The lowest BCUT2D eigenvalue weighted by atomic mass is 9.75. The average Bonchev–Trinajstić information content (AvgIpc) is 2.22. The molecule has 1 aromatic carbocycles. The van der Waals surface area contributed by atoms with Crippen molar-refractivity contribution in [1.82, 2.24) is 0 Å². The molecule has 0 heterocycles. The average molecular weight is 249 g/mol. The molecule has 2 atom stereocenters. The van der Waals surface area contributed by atoms with Crippen molar-refractivity contribution in [2.75, 3.05) is 5.75 Å². The lowest BCUT2D eigenvalue weighted by Crippen LogP contribution is -2.31. The first-order valence-electron chi connectivity index (χ1n) is 6.43. The molecule has 2 rings (SSSR count). The summed E-state index contributed by atoms with van der Waals surface area (Å²) in [5, 5.41) is 0. The van der Waals surface area contributed by atoms with E-state index in [1.807, 2.05) is 11.8 Å². The van der Waals surface area contributed by atoms with Gasteiger partial charge >= 0.3 is 0 Å². The first-order valence-corrected chi connectivity index (χ1v) is 7.41. The van der Waals surface area contributed by atoms with E-state index in [0.717, 1.165) is 12.2 Å². The Balaban J connectivity index is 1.80. The fourth-order valence-electron chi connectivity index (χ4n) is 2.36. The van der Waals surface area contributed by atoms with E-state index in [2.05, 4.69) is 45.0 Å². The summed E-state index contributed by atoms with van der Waals surface area (Å²) in [6.45, 7) is 6.76. The zero-order valence-electron chi connectivity index (χ0n) is 11.1. The fraction of sp³-hybridized carbons (Fsp3) is 0.600. The first-order chi connectivity index (χ1) is 7.96. The molecule has 0 fully saturated rings. The smallest absolute Gasteiger partial charge is 0.0136 e. The van der Waals surface area contributed by atoms with Gasteiger partial charge in [-0.3, -0.25) is 0 Å². The summed E-state index contributed by atoms with van der Waals surface area (Å²) in [6.07, 6.45) is 2.37. The van der Waals surface area contributed by atoms with Crippen LogP contribution in [0.5, 0.6) is 0 Å². The molecule has 1 aliphatic carbocycles. The molecule has 0 saturated carbocycles. The summed E-state index contributed by atoms with van der Waals surface area (Å²) in [5.74, 6) is 1.78. The van der Waals surface area contributed by atoms with Crippen LogP contribution in [0.4, 0.5) is 0 Å². The quantitative estimate of drug-likeness (QED) is 0.882. The molecule has 2 heteroatoms. The Kier molecular flexibility index (Phi) is 3.84. The van der Waals surface area contributed by atoms with Gasteiger partial charge in [-0.15, -0.1) is 0 Å². The van der Waals surface area contributed by atoms with Gasteiger partial charge in [0.25, 0.3) is 0 Å². The zero-order valence-corrected chi connectivity index (χ0v) is 11.9. The minimum absolute atomic E-state index is 0.329. The molecule has 1 nitrogen and oxygen atoms in total. The standard InChI is InChI=1S/C15H23NS/c1-15(2,3)17-10-13(16)9-12-8-11-6-4-5-7-14(11)12/h4-7,12-13H,8-10,16H2,1-3H3. The van der Waals surface area contributed by atoms with E-state index in [1.165, 1.54) is 17.5 Å². The molecule has 0 amide bonds. The highest BCUT2D eigenvalue weighted by molar-refractivity contribution is 8.00. The van der Waals surface area contributed by atoms with Gasteiger partial charge in [-0.2, -0.15) is 11.8 Å². The van der Waals surface area contributed by atoms with Crippen molar-refractivity contribution in [2.24, 2.45) is 5.73 Å². The number of nitrogens with two attached hydrogens (primary N) is 1. The third-order valence-electron chi connectivity index (χ3n) is 3.28. The monoisotopic (exact) mass is 249 g/mol. The predicted molar refractivity (Wildman–Crippen MR) is 77.7 cm³/mol. The Hall–Kier alpha value is -0.470. The summed E-state index contributed by atoms with van der Waals surface area (Å²) in [6, 6.07) is 9.09. The molecular formula is C15H23NS. The lowest BCUT2D eigenvalue weighted by molar-refractivity contribution is 0.510. The highest BCUT2D eigenvalue weighted by atomic mass is 32.2. The molecule has 0 spiro atoms. The summed E-state index contributed by atoms with van der Waals surface area (Å²) in [4.78, 5) is 0. The highest BCUT2D eigenvalue weighted by Crippen LogP contribution is 2.38. The van der Waals surface area contributed by atoms with Gasteiger partial charge < -0.3 is 5.73 Å². The van der Waals surface area contributed by atoms with Crippen molar-refractivity contribution in [1.29, 1.82) is 0 Å². The number of benzene rings is 1. The van der Waals surface area contributed by atoms with Crippen molar-refractivity contribution >= 4 is 11.8 Å². The molecule has 0 aliphatic heterocycles. The SMILES string of the molecule is CC(C)(C)SCC(N)CC1Cc2ccccc21. The lowest BCUT2D eigenvalue weighted by Gasteiger charge is -2.32. The second-order valence-electron chi connectivity index (χ2n) is 6.02. The van der Waals surface area contributed by atoms with Crippen LogP contribution in [0.2, 0.25) is 0 Å². The molecule has 1 aromatic rings. The second kappa shape index (κ2) is 5.03. The number of rotatable bonds is 4. The molecule has 2 N–H and O–H groups in total. The minimum atomic E-state index is 0.329. The van der Waals surface area contributed by atoms with Crippen molar-refractivity contribution in [2.45, 2.75) is 50.3 Å². The van der Waals surface area contributed by atoms with E-state index in [0.29, 0.717) is 16.7 Å². The molecule has 0 bridgehead atoms. The van der Waals surface area contributed by atoms with Crippen LogP contribution in [0.25, 0.3) is 0 Å².